The second-order valence-corrected chi connectivity index (χ2v) is 5.68. The molecule has 2 N–H and O–H groups in total. The fourth-order valence-corrected chi connectivity index (χ4v) is 2.58. The summed E-state index contributed by atoms with van der Waals surface area (Å²) in [5, 5.41) is 15.7. The Morgan fingerprint density at radius 1 is 1.47 bits per heavy atom. The third-order valence-electron chi connectivity index (χ3n) is 3.25. The monoisotopic (exact) mass is 254 g/mol. The van der Waals surface area contributed by atoms with Crippen LogP contribution in [0, 0.1) is 5.41 Å². The van der Waals surface area contributed by atoms with Crippen molar-refractivity contribution in [2.24, 2.45) is 5.41 Å². The molecule has 0 radical (unpaired) electrons. The minimum absolute atomic E-state index is 0.0674. The van der Waals surface area contributed by atoms with Gasteiger partial charge >= 0.3 is 0 Å². The lowest BCUT2D eigenvalue weighted by Gasteiger charge is -2.31. The second-order valence-electron chi connectivity index (χ2n) is 4.62. The summed E-state index contributed by atoms with van der Waals surface area (Å²) < 4.78 is 0. The zero-order chi connectivity index (χ0) is 12.3. The van der Waals surface area contributed by atoms with Gasteiger partial charge in [0.1, 0.15) is 5.01 Å². The van der Waals surface area contributed by atoms with Crippen molar-refractivity contribution in [2.45, 2.75) is 33.1 Å². The van der Waals surface area contributed by atoms with Crippen molar-refractivity contribution in [1.29, 1.82) is 0 Å². The summed E-state index contributed by atoms with van der Waals surface area (Å²) in [6.45, 7) is 5.85. The maximum atomic E-state index is 12.2. The quantitative estimate of drug-likeness (QED) is 0.856. The molecule has 2 heterocycles. The Balaban J connectivity index is 2.00. The van der Waals surface area contributed by atoms with Gasteiger partial charge in [-0.2, -0.15) is 0 Å². The van der Waals surface area contributed by atoms with Gasteiger partial charge in [-0.05, 0) is 32.4 Å². The molecule has 0 saturated carbocycles. The molecule has 0 bridgehead atoms. The summed E-state index contributed by atoms with van der Waals surface area (Å²) >= 11 is 1.45. The molecule has 6 heteroatoms. The van der Waals surface area contributed by atoms with E-state index in [-0.39, 0.29) is 11.3 Å². The highest BCUT2D eigenvalue weighted by molar-refractivity contribution is 7.15. The Morgan fingerprint density at radius 2 is 2.18 bits per heavy atom. The number of nitrogens with one attached hydrogen (secondary N) is 2. The highest BCUT2D eigenvalue weighted by Gasteiger charge is 2.34. The second kappa shape index (κ2) is 5.10. The molecule has 0 aromatic carbocycles. The van der Waals surface area contributed by atoms with Crippen molar-refractivity contribution in [3.05, 3.63) is 5.01 Å². The summed E-state index contributed by atoms with van der Waals surface area (Å²) in [5.41, 5.74) is -0.275. The van der Waals surface area contributed by atoms with Crippen LogP contribution in [-0.4, -0.2) is 29.2 Å². The van der Waals surface area contributed by atoms with Crippen LogP contribution in [0.15, 0.2) is 0 Å². The number of anilines is 1. The van der Waals surface area contributed by atoms with E-state index in [0.717, 1.165) is 37.4 Å². The van der Waals surface area contributed by atoms with Crippen molar-refractivity contribution in [1.82, 2.24) is 15.5 Å². The van der Waals surface area contributed by atoms with Crippen LogP contribution >= 0.6 is 11.3 Å². The molecule has 1 aromatic rings. The van der Waals surface area contributed by atoms with Crippen molar-refractivity contribution < 1.29 is 4.79 Å². The Hall–Kier alpha value is -1.01. The van der Waals surface area contributed by atoms with Gasteiger partial charge in [0, 0.05) is 5.41 Å². The number of rotatable bonds is 3. The SMILES string of the molecule is CCc1nnc(NC(=O)C2(C)CCNCC2)s1. The standard InChI is InChI=1S/C11H18N4OS/c1-3-8-14-15-10(17-8)13-9(16)11(2)4-6-12-7-5-11/h12H,3-7H2,1-2H3,(H,13,15,16). The molecule has 1 aromatic heterocycles. The number of aromatic nitrogens is 2. The first-order chi connectivity index (χ1) is 8.14. The predicted molar refractivity (Wildman–Crippen MR) is 68.1 cm³/mol. The van der Waals surface area contributed by atoms with Gasteiger partial charge in [0.05, 0.1) is 0 Å². The molecule has 0 atom stereocenters. The summed E-state index contributed by atoms with van der Waals surface area (Å²) in [5.74, 6) is 0.0674. The molecule has 1 amide bonds. The molecule has 1 fully saturated rings. The van der Waals surface area contributed by atoms with Gasteiger partial charge in [-0.25, -0.2) is 0 Å². The topological polar surface area (TPSA) is 66.9 Å². The van der Waals surface area contributed by atoms with Crippen LogP contribution in [0.3, 0.4) is 0 Å². The lowest BCUT2D eigenvalue weighted by molar-refractivity contribution is -0.126. The Kier molecular flexibility index (Phi) is 3.73. The van der Waals surface area contributed by atoms with E-state index in [1.807, 2.05) is 13.8 Å². The van der Waals surface area contributed by atoms with Crippen LogP contribution in [-0.2, 0) is 11.2 Å². The molecule has 17 heavy (non-hydrogen) atoms. The largest absolute Gasteiger partial charge is 0.317 e. The number of nitrogens with zero attached hydrogens (tertiary/aromatic N) is 2. The number of amides is 1. The van der Waals surface area contributed by atoms with Crippen molar-refractivity contribution in [2.75, 3.05) is 18.4 Å². The van der Waals surface area contributed by atoms with E-state index >= 15 is 0 Å². The first kappa shape index (κ1) is 12.4. The van der Waals surface area contributed by atoms with Gasteiger partial charge in [0.2, 0.25) is 11.0 Å². The Bertz CT molecular complexity index is 398. The number of piperidine rings is 1. The van der Waals surface area contributed by atoms with Crippen LogP contribution in [0.4, 0.5) is 5.13 Å². The molecule has 0 spiro atoms. The molecule has 2 rings (SSSR count). The van der Waals surface area contributed by atoms with E-state index in [1.165, 1.54) is 11.3 Å². The van der Waals surface area contributed by atoms with Gasteiger partial charge in [0.15, 0.2) is 0 Å². The average molecular weight is 254 g/mol. The smallest absolute Gasteiger partial charge is 0.232 e. The highest BCUT2D eigenvalue weighted by Crippen LogP contribution is 2.30. The highest BCUT2D eigenvalue weighted by atomic mass is 32.1. The van der Waals surface area contributed by atoms with Gasteiger partial charge < -0.3 is 10.6 Å². The van der Waals surface area contributed by atoms with E-state index in [0.29, 0.717) is 5.13 Å². The van der Waals surface area contributed by atoms with Crippen LogP contribution in [0.1, 0.15) is 31.7 Å². The summed E-state index contributed by atoms with van der Waals surface area (Å²) in [6.07, 6.45) is 2.60. The summed E-state index contributed by atoms with van der Waals surface area (Å²) in [6, 6.07) is 0. The third kappa shape index (κ3) is 2.81. The number of hydrogen-bond acceptors (Lipinski definition) is 5. The van der Waals surface area contributed by atoms with Gasteiger partial charge in [-0.1, -0.05) is 25.2 Å². The van der Waals surface area contributed by atoms with Crippen LogP contribution < -0.4 is 10.6 Å². The maximum absolute atomic E-state index is 12.2. The van der Waals surface area contributed by atoms with E-state index in [4.69, 9.17) is 0 Å². The van der Waals surface area contributed by atoms with Gasteiger partial charge in [0.25, 0.3) is 0 Å². The van der Waals surface area contributed by atoms with E-state index < -0.39 is 0 Å². The Labute approximate surface area is 105 Å². The van der Waals surface area contributed by atoms with Crippen molar-refractivity contribution in [3.8, 4) is 0 Å². The lowest BCUT2D eigenvalue weighted by Crippen LogP contribution is -2.42. The number of hydrogen-bond donors (Lipinski definition) is 2. The molecule has 1 aliphatic heterocycles. The summed E-state index contributed by atoms with van der Waals surface area (Å²) in [7, 11) is 0. The molecule has 5 nitrogen and oxygen atoms in total. The van der Waals surface area contributed by atoms with Gasteiger partial charge in [-0.15, -0.1) is 10.2 Å². The minimum Gasteiger partial charge on any atom is -0.317 e. The van der Waals surface area contributed by atoms with Crippen molar-refractivity contribution in [3.63, 3.8) is 0 Å². The normalized spacial score (nSPS) is 18.9. The first-order valence-corrected chi connectivity index (χ1v) is 6.80. The fraction of sp³-hybridized carbons (Fsp3) is 0.727. The maximum Gasteiger partial charge on any atom is 0.232 e. The lowest BCUT2D eigenvalue weighted by atomic mass is 9.80. The average Bonchev–Trinajstić information content (AvgIpc) is 2.78. The Morgan fingerprint density at radius 3 is 2.76 bits per heavy atom. The predicted octanol–water partition coefficient (Wildman–Crippen LogP) is 1.43. The molecule has 1 aliphatic rings. The molecule has 1 saturated heterocycles. The molecular formula is C11H18N4OS. The fourth-order valence-electron chi connectivity index (χ4n) is 1.90. The van der Waals surface area contributed by atoms with E-state index in [1.54, 1.807) is 0 Å². The van der Waals surface area contributed by atoms with Crippen LogP contribution in [0.5, 0.6) is 0 Å². The zero-order valence-electron chi connectivity index (χ0n) is 10.2. The molecule has 0 aliphatic carbocycles. The van der Waals surface area contributed by atoms with Crippen molar-refractivity contribution >= 4 is 22.4 Å². The van der Waals surface area contributed by atoms with Gasteiger partial charge in [-0.3, -0.25) is 4.79 Å². The van der Waals surface area contributed by atoms with Crippen LogP contribution in [0.2, 0.25) is 0 Å². The number of aryl methyl sites for hydroxylation is 1. The summed E-state index contributed by atoms with van der Waals surface area (Å²) in [4.78, 5) is 12.2. The molecule has 94 valence electrons. The van der Waals surface area contributed by atoms with E-state index in [2.05, 4.69) is 20.8 Å². The van der Waals surface area contributed by atoms with E-state index in [9.17, 15) is 4.79 Å². The first-order valence-electron chi connectivity index (χ1n) is 5.98. The molecular weight excluding hydrogens is 236 g/mol. The zero-order valence-corrected chi connectivity index (χ0v) is 11.1. The van der Waals surface area contributed by atoms with Crippen LogP contribution in [0.25, 0.3) is 0 Å². The number of carbonyl (C=O) groups excluding carboxylic acids is 1. The third-order valence-corrected chi connectivity index (χ3v) is 4.23. The number of carbonyl (C=O) groups is 1. The minimum atomic E-state index is -0.275. The molecule has 0 unspecified atom stereocenters.